The summed E-state index contributed by atoms with van der Waals surface area (Å²) >= 11 is 0. The molecule has 1 aromatic heterocycles. The quantitative estimate of drug-likeness (QED) is 0.801. The van der Waals surface area contributed by atoms with Crippen molar-refractivity contribution in [3.05, 3.63) is 23.8 Å². The smallest absolute Gasteiger partial charge is 0.131 e. The number of rotatable bonds is 2. The van der Waals surface area contributed by atoms with Crippen LogP contribution in [0.25, 0.3) is 0 Å². The van der Waals surface area contributed by atoms with E-state index in [1.807, 2.05) is 12.3 Å². The van der Waals surface area contributed by atoms with Gasteiger partial charge in [0.1, 0.15) is 5.82 Å². The first-order valence-corrected chi connectivity index (χ1v) is 5.92. The Labute approximate surface area is 91.3 Å². The first-order valence-electron chi connectivity index (χ1n) is 5.92. The minimum Gasteiger partial charge on any atom is -0.317 e. The van der Waals surface area contributed by atoms with Gasteiger partial charge in [-0.25, -0.2) is 9.97 Å². The van der Waals surface area contributed by atoms with Gasteiger partial charge in [-0.2, -0.15) is 0 Å². The number of nitrogens with one attached hydrogen (secondary N) is 1. The zero-order chi connectivity index (χ0) is 10.5. The van der Waals surface area contributed by atoms with Gasteiger partial charge in [0, 0.05) is 17.8 Å². The maximum absolute atomic E-state index is 4.62. The lowest BCUT2D eigenvalue weighted by Crippen LogP contribution is -2.14. The first-order chi connectivity index (χ1) is 7.40. The van der Waals surface area contributed by atoms with Crippen LogP contribution in [0.1, 0.15) is 43.6 Å². The molecule has 1 aliphatic rings. The molecule has 0 spiro atoms. The van der Waals surface area contributed by atoms with Gasteiger partial charge in [0.15, 0.2) is 0 Å². The molecule has 0 bridgehead atoms. The molecule has 1 fully saturated rings. The van der Waals surface area contributed by atoms with E-state index in [1.165, 1.54) is 19.3 Å². The Morgan fingerprint density at radius 1 is 1.40 bits per heavy atom. The Kier molecular flexibility index (Phi) is 3.67. The normalized spacial score (nSPS) is 22.3. The fraction of sp³-hybridized carbons (Fsp3) is 0.667. The van der Waals surface area contributed by atoms with Crippen molar-refractivity contribution in [2.45, 2.75) is 38.5 Å². The molecule has 1 saturated heterocycles. The molecule has 1 aromatic rings. The molecule has 1 N–H and O–H groups in total. The van der Waals surface area contributed by atoms with Gasteiger partial charge in [-0.15, -0.1) is 0 Å². The highest BCUT2D eigenvalue weighted by Crippen LogP contribution is 2.22. The van der Waals surface area contributed by atoms with Crippen molar-refractivity contribution in [2.24, 2.45) is 0 Å². The lowest BCUT2D eigenvalue weighted by atomic mass is 10.00. The second-order valence-electron chi connectivity index (χ2n) is 4.14. The summed E-state index contributed by atoms with van der Waals surface area (Å²) in [5.74, 6) is 1.62. The van der Waals surface area contributed by atoms with Gasteiger partial charge >= 0.3 is 0 Å². The fourth-order valence-electron chi connectivity index (χ4n) is 2.08. The number of aromatic nitrogens is 2. The second kappa shape index (κ2) is 5.21. The zero-order valence-corrected chi connectivity index (χ0v) is 9.37. The molecule has 0 saturated carbocycles. The third kappa shape index (κ3) is 2.75. The summed E-state index contributed by atoms with van der Waals surface area (Å²) < 4.78 is 0. The van der Waals surface area contributed by atoms with Gasteiger partial charge in [-0.3, -0.25) is 0 Å². The molecule has 2 rings (SSSR count). The average Bonchev–Trinajstić information content (AvgIpc) is 2.58. The van der Waals surface area contributed by atoms with Crippen LogP contribution >= 0.6 is 0 Å². The van der Waals surface area contributed by atoms with E-state index in [9.17, 15) is 0 Å². The van der Waals surface area contributed by atoms with Gasteiger partial charge in [-0.1, -0.05) is 6.92 Å². The molecular formula is C12H19N3. The highest BCUT2D eigenvalue weighted by Gasteiger charge is 2.16. The van der Waals surface area contributed by atoms with Crippen LogP contribution in [-0.2, 0) is 6.42 Å². The van der Waals surface area contributed by atoms with Crippen LogP contribution in [0, 0.1) is 0 Å². The fourth-order valence-corrected chi connectivity index (χ4v) is 2.08. The minimum atomic E-state index is 0.562. The number of hydrogen-bond donors (Lipinski definition) is 1. The molecule has 3 heteroatoms. The maximum Gasteiger partial charge on any atom is 0.131 e. The van der Waals surface area contributed by atoms with Gasteiger partial charge in [-0.05, 0) is 44.8 Å². The minimum absolute atomic E-state index is 0.562. The van der Waals surface area contributed by atoms with E-state index in [-0.39, 0.29) is 0 Å². The Hall–Kier alpha value is -0.960. The molecule has 1 aliphatic heterocycles. The van der Waals surface area contributed by atoms with Crippen LogP contribution in [0.2, 0.25) is 0 Å². The van der Waals surface area contributed by atoms with Gasteiger partial charge in [0.25, 0.3) is 0 Å². The zero-order valence-electron chi connectivity index (χ0n) is 9.37. The number of hydrogen-bond acceptors (Lipinski definition) is 3. The van der Waals surface area contributed by atoms with Gasteiger partial charge in [0.2, 0.25) is 0 Å². The molecule has 15 heavy (non-hydrogen) atoms. The van der Waals surface area contributed by atoms with E-state index in [4.69, 9.17) is 0 Å². The van der Waals surface area contributed by atoms with Gasteiger partial charge < -0.3 is 5.32 Å². The van der Waals surface area contributed by atoms with Crippen molar-refractivity contribution < 1.29 is 0 Å². The summed E-state index contributed by atoms with van der Waals surface area (Å²) in [5.41, 5.74) is 1.16. The molecule has 82 valence electrons. The van der Waals surface area contributed by atoms with Crippen LogP contribution in [0.15, 0.2) is 12.3 Å². The van der Waals surface area contributed by atoms with Crippen LogP contribution in [0.5, 0.6) is 0 Å². The Bertz CT molecular complexity index is 303. The molecular weight excluding hydrogens is 186 g/mol. The van der Waals surface area contributed by atoms with E-state index < -0.39 is 0 Å². The summed E-state index contributed by atoms with van der Waals surface area (Å²) in [6, 6.07) is 2.01. The van der Waals surface area contributed by atoms with Crippen LogP contribution in [-0.4, -0.2) is 23.1 Å². The molecule has 2 heterocycles. The van der Waals surface area contributed by atoms with Crippen molar-refractivity contribution in [2.75, 3.05) is 13.1 Å². The first kappa shape index (κ1) is 10.6. The predicted octanol–water partition coefficient (Wildman–Crippen LogP) is 1.90. The van der Waals surface area contributed by atoms with E-state index in [1.54, 1.807) is 0 Å². The van der Waals surface area contributed by atoms with Gasteiger partial charge in [0.05, 0.1) is 0 Å². The van der Waals surface area contributed by atoms with Crippen molar-refractivity contribution in [3.63, 3.8) is 0 Å². The molecule has 0 aromatic carbocycles. The van der Waals surface area contributed by atoms with Crippen LogP contribution < -0.4 is 5.32 Å². The average molecular weight is 205 g/mol. The van der Waals surface area contributed by atoms with Crippen molar-refractivity contribution in [1.82, 2.24) is 15.3 Å². The van der Waals surface area contributed by atoms with E-state index >= 15 is 0 Å². The molecule has 3 nitrogen and oxygen atoms in total. The standard InChI is InChI=1S/C12H19N3/c1-2-11-6-9-14-12(15-11)10-4-3-7-13-8-5-10/h6,9-10,13H,2-5,7-8H2,1H3. The molecule has 1 unspecified atom stereocenters. The summed E-state index contributed by atoms with van der Waals surface area (Å²) in [7, 11) is 0. The van der Waals surface area contributed by atoms with Crippen molar-refractivity contribution in [3.8, 4) is 0 Å². The third-order valence-electron chi connectivity index (χ3n) is 3.03. The monoisotopic (exact) mass is 205 g/mol. The SMILES string of the molecule is CCc1ccnc(C2CCCNCC2)n1. The summed E-state index contributed by atoms with van der Waals surface area (Å²) in [6.07, 6.45) is 6.54. The summed E-state index contributed by atoms with van der Waals surface area (Å²) in [4.78, 5) is 9.03. The molecule has 0 amide bonds. The second-order valence-corrected chi connectivity index (χ2v) is 4.14. The van der Waals surface area contributed by atoms with Crippen LogP contribution in [0.4, 0.5) is 0 Å². The largest absolute Gasteiger partial charge is 0.317 e. The Balaban J connectivity index is 2.12. The Morgan fingerprint density at radius 2 is 2.33 bits per heavy atom. The topological polar surface area (TPSA) is 37.8 Å². The lowest BCUT2D eigenvalue weighted by molar-refractivity contribution is 0.572. The summed E-state index contributed by atoms with van der Waals surface area (Å²) in [6.45, 7) is 4.38. The number of nitrogens with zero attached hydrogens (tertiary/aromatic N) is 2. The van der Waals surface area contributed by atoms with Crippen molar-refractivity contribution in [1.29, 1.82) is 0 Å². The maximum atomic E-state index is 4.62. The highest BCUT2D eigenvalue weighted by molar-refractivity contribution is 5.06. The third-order valence-corrected chi connectivity index (χ3v) is 3.03. The predicted molar refractivity (Wildman–Crippen MR) is 60.9 cm³/mol. The van der Waals surface area contributed by atoms with E-state index in [2.05, 4.69) is 22.2 Å². The van der Waals surface area contributed by atoms with Crippen LogP contribution in [0.3, 0.4) is 0 Å². The van der Waals surface area contributed by atoms with E-state index in [0.29, 0.717) is 5.92 Å². The molecule has 0 aliphatic carbocycles. The van der Waals surface area contributed by atoms with Crippen molar-refractivity contribution >= 4 is 0 Å². The Morgan fingerprint density at radius 3 is 3.20 bits per heavy atom. The summed E-state index contributed by atoms with van der Waals surface area (Å²) in [5, 5.41) is 3.42. The van der Waals surface area contributed by atoms with E-state index in [0.717, 1.165) is 31.0 Å². The lowest BCUT2D eigenvalue weighted by Gasteiger charge is -2.12. The number of aryl methyl sites for hydroxylation is 1. The molecule has 0 radical (unpaired) electrons. The molecule has 1 atom stereocenters. The highest BCUT2D eigenvalue weighted by atomic mass is 14.9.